The molecule has 0 spiro atoms. The van der Waals surface area contributed by atoms with Crippen LogP contribution in [-0.4, -0.2) is 35.6 Å². The molecule has 0 saturated carbocycles. The molecule has 7 heteroatoms. The number of hydrogen-bond donors (Lipinski definition) is 0. The predicted molar refractivity (Wildman–Crippen MR) is 157 cm³/mol. The van der Waals surface area contributed by atoms with Gasteiger partial charge in [-0.3, -0.25) is 4.90 Å². The van der Waals surface area contributed by atoms with Crippen LogP contribution < -0.4 is 4.90 Å². The van der Waals surface area contributed by atoms with Crippen molar-refractivity contribution in [2.75, 3.05) is 31.1 Å². The Hall–Kier alpha value is -3.74. The van der Waals surface area contributed by atoms with E-state index in [0.717, 1.165) is 42.6 Å². The number of benzene rings is 4. The molecule has 0 amide bonds. The molecule has 4 aromatic carbocycles. The predicted octanol–water partition coefficient (Wildman–Crippen LogP) is 8.60. The van der Waals surface area contributed by atoms with Gasteiger partial charge in [0.25, 0.3) is 0 Å². The van der Waals surface area contributed by atoms with Gasteiger partial charge in [0.05, 0.1) is 16.9 Å². The SMILES string of the molecule is Cc1c(CN2CCN(c3cccc(C(F)(F)F)c3)CC2)cc(-c2ccc(Cl)cc2)n1-c1cccc2ccccc12. The number of halogens is 4. The van der Waals surface area contributed by atoms with Gasteiger partial charge in [-0.15, -0.1) is 0 Å². The number of rotatable bonds is 5. The maximum atomic E-state index is 13.2. The van der Waals surface area contributed by atoms with Gasteiger partial charge in [-0.2, -0.15) is 13.2 Å². The zero-order chi connectivity index (χ0) is 27.9. The highest BCUT2D eigenvalue weighted by atomic mass is 35.5. The molecular formula is C33H29ClF3N3. The van der Waals surface area contributed by atoms with Crippen molar-refractivity contribution >= 4 is 28.1 Å². The van der Waals surface area contributed by atoms with Gasteiger partial charge in [0.15, 0.2) is 0 Å². The van der Waals surface area contributed by atoms with Crippen molar-refractivity contribution in [1.82, 2.24) is 9.47 Å². The number of piperazine rings is 1. The lowest BCUT2D eigenvalue weighted by Crippen LogP contribution is -2.46. The third-order valence-corrected chi connectivity index (χ3v) is 8.06. The van der Waals surface area contributed by atoms with Crippen LogP contribution in [0.15, 0.2) is 97.1 Å². The Labute approximate surface area is 237 Å². The first kappa shape index (κ1) is 26.5. The average molecular weight is 560 g/mol. The van der Waals surface area contributed by atoms with E-state index in [0.29, 0.717) is 23.8 Å². The molecule has 204 valence electrons. The van der Waals surface area contributed by atoms with Crippen molar-refractivity contribution in [2.45, 2.75) is 19.6 Å². The lowest BCUT2D eigenvalue weighted by Gasteiger charge is -2.36. The van der Waals surface area contributed by atoms with Crippen LogP contribution in [0.25, 0.3) is 27.7 Å². The number of aromatic nitrogens is 1. The molecule has 0 bridgehead atoms. The van der Waals surface area contributed by atoms with Gasteiger partial charge < -0.3 is 9.47 Å². The summed E-state index contributed by atoms with van der Waals surface area (Å²) in [6.45, 7) is 5.82. The molecule has 1 aromatic heterocycles. The molecule has 5 aromatic rings. The van der Waals surface area contributed by atoms with Crippen LogP contribution in [0.4, 0.5) is 18.9 Å². The Morgan fingerprint density at radius 3 is 2.23 bits per heavy atom. The van der Waals surface area contributed by atoms with Crippen molar-refractivity contribution in [3.05, 3.63) is 119 Å². The smallest absolute Gasteiger partial charge is 0.369 e. The van der Waals surface area contributed by atoms with E-state index in [2.05, 4.69) is 77.1 Å². The van der Waals surface area contributed by atoms with Crippen LogP contribution in [0.2, 0.25) is 5.02 Å². The summed E-state index contributed by atoms with van der Waals surface area (Å²) in [5.74, 6) is 0. The van der Waals surface area contributed by atoms with E-state index < -0.39 is 11.7 Å². The fraction of sp³-hybridized carbons (Fsp3) is 0.212. The molecule has 0 unspecified atom stereocenters. The molecule has 0 N–H and O–H groups in total. The molecule has 1 fully saturated rings. The Morgan fingerprint density at radius 2 is 1.48 bits per heavy atom. The number of nitrogens with zero attached hydrogens (tertiary/aromatic N) is 3. The van der Waals surface area contributed by atoms with Gasteiger partial charge in [0, 0.05) is 54.5 Å². The highest BCUT2D eigenvalue weighted by Crippen LogP contribution is 2.35. The number of hydrogen-bond acceptors (Lipinski definition) is 2. The summed E-state index contributed by atoms with van der Waals surface area (Å²) in [7, 11) is 0. The topological polar surface area (TPSA) is 11.4 Å². The van der Waals surface area contributed by atoms with Gasteiger partial charge in [0.2, 0.25) is 0 Å². The van der Waals surface area contributed by atoms with E-state index in [4.69, 9.17) is 11.6 Å². The minimum absolute atomic E-state index is 0.604. The van der Waals surface area contributed by atoms with Gasteiger partial charge >= 0.3 is 6.18 Å². The quantitative estimate of drug-likeness (QED) is 0.214. The Balaban J connectivity index is 1.29. The molecule has 40 heavy (non-hydrogen) atoms. The molecule has 3 nitrogen and oxygen atoms in total. The number of anilines is 1. The molecule has 0 radical (unpaired) electrons. The Bertz CT molecular complexity index is 1640. The van der Waals surface area contributed by atoms with E-state index in [1.165, 1.54) is 34.2 Å². The average Bonchev–Trinajstić information content (AvgIpc) is 3.28. The second-order valence-electron chi connectivity index (χ2n) is 10.3. The summed E-state index contributed by atoms with van der Waals surface area (Å²) in [4.78, 5) is 4.42. The van der Waals surface area contributed by atoms with Crippen molar-refractivity contribution in [1.29, 1.82) is 0 Å². The third-order valence-electron chi connectivity index (χ3n) is 7.80. The summed E-state index contributed by atoms with van der Waals surface area (Å²) in [6, 6.07) is 30.6. The number of alkyl halides is 3. The van der Waals surface area contributed by atoms with Gasteiger partial charge in [-0.05, 0) is 65.9 Å². The Morgan fingerprint density at radius 1 is 0.775 bits per heavy atom. The molecule has 2 heterocycles. The van der Waals surface area contributed by atoms with Gasteiger partial charge in [-0.25, -0.2) is 0 Å². The lowest BCUT2D eigenvalue weighted by atomic mass is 10.1. The van der Waals surface area contributed by atoms with E-state index >= 15 is 0 Å². The lowest BCUT2D eigenvalue weighted by molar-refractivity contribution is -0.137. The first-order valence-corrected chi connectivity index (χ1v) is 13.8. The van der Waals surface area contributed by atoms with Crippen molar-refractivity contribution in [3.8, 4) is 16.9 Å². The third kappa shape index (κ3) is 5.21. The first-order valence-electron chi connectivity index (χ1n) is 13.4. The maximum Gasteiger partial charge on any atom is 0.416 e. The fourth-order valence-electron chi connectivity index (χ4n) is 5.65. The first-order chi connectivity index (χ1) is 19.3. The normalized spacial score (nSPS) is 14.7. The molecule has 1 aliphatic rings. The second-order valence-corrected chi connectivity index (χ2v) is 10.7. The van der Waals surface area contributed by atoms with E-state index in [-0.39, 0.29) is 0 Å². The summed E-state index contributed by atoms with van der Waals surface area (Å²) >= 11 is 6.21. The van der Waals surface area contributed by atoms with Gasteiger partial charge in [0.1, 0.15) is 0 Å². The molecule has 0 aliphatic carbocycles. The minimum atomic E-state index is -4.34. The Kier molecular flexibility index (Phi) is 7.07. The van der Waals surface area contributed by atoms with Crippen LogP contribution in [0.1, 0.15) is 16.8 Å². The molecule has 0 atom stereocenters. The summed E-state index contributed by atoms with van der Waals surface area (Å²) in [6.07, 6.45) is -4.34. The summed E-state index contributed by atoms with van der Waals surface area (Å²) in [5.41, 5.74) is 5.72. The fourth-order valence-corrected chi connectivity index (χ4v) is 5.78. The highest BCUT2D eigenvalue weighted by molar-refractivity contribution is 6.30. The van der Waals surface area contributed by atoms with Crippen molar-refractivity contribution in [2.24, 2.45) is 0 Å². The van der Waals surface area contributed by atoms with Crippen LogP contribution in [0.3, 0.4) is 0 Å². The van der Waals surface area contributed by atoms with Crippen LogP contribution in [0, 0.1) is 6.92 Å². The molecule has 1 aliphatic heterocycles. The number of fused-ring (bicyclic) bond motifs is 1. The zero-order valence-electron chi connectivity index (χ0n) is 22.1. The molecule has 1 saturated heterocycles. The summed E-state index contributed by atoms with van der Waals surface area (Å²) in [5, 5.41) is 3.06. The standard InChI is InChI=1S/C33H29ClF3N3/c1-23-26(22-38-16-18-39(19-17-38)29-9-5-8-27(21-29)33(35,36)37)20-32(25-12-14-28(34)15-13-25)40(23)31-11-4-7-24-6-2-3-10-30(24)31/h2-15,20-21H,16-19,22H2,1H3. The minimum Gasteiger partial charge on any atom is -0.369 e. The van der Waals surface area contributed by atoms with Crippen molar-refractivity contribution in [3.63, 3.8) is 0 Å². The molecular weight excluding hydrogens is 531 g/mol. The van der Waals surface area contributed by atoms with Gasteiger partial charge in [-0.1, -0.05) is 66.2 Å². The van der Waals surface area contributed by atoms with E-state index in [1.807, 2.05) is 17.0 Å². The largest absolute Gasteiger partial charge is 0.416 e. The van der Waals surface area contributed by atoms with Crippen LogP contribution in [0.5, 0.6) is 0 Å². The monoisotopic (exact) mass is 559 g/mol. The highest BCUT2D eigenvalue weighted by Gasteiger charge is 2.31. The summed E-state index contributed by atoms with van der Waals surface area (Å²) < 4.78 is 42.0. The van der Waals surface area contributed by atoms with E-state index in [9.17, 15) is 13.2 Å². The van der Waals surface area contributed by atoms with Crippen LogP contribution in [-0.2, 0) is 12.7 Å². The van der Waals surface area contributed by atoms with Crippen molar-refractivity contribution < 1.29 is 13.2 Å². The van der Waals surface area contributed by atoms with E-state index in [1.54, 1.807) is 6.07 Å². The zero-order valence-corrected chi connectivity index (χ0v) is 22.9. The molecule has 6 rings (SSSR count). The van der Waals surface area contributed by atoms with Crippen LogP contribution >= 0.6 is 11.6 Å². The second kappa shape index (κ2) is 10.7. The maximum absolute atomic E-state index is 13.2.